The minimum atomic E-state index is 0.251. The number of hydrogen-bond acceptors (Lipinski definition) is 2. The van der Waals surface area contributed by atoms with Crippen LogP contribution in [-0.2, 0) is 4.74 Å². The SMILES string of the molecule is CC1(NCC2CCC(C(C)(C)C)CC2)CCOC1. The first-order valence-corrected chi connectivity index (χ1v) is 7.72. The fourth-order valence-electron chi connectivity index (χ4n) is 3.43. The van der Waals surface area contributed by atoms with Crippen LogP contribution in [0.25, 0.3) is 0 Å². The smallest absolute Gasteiger partial charge is 0.0646 e. The van der Waals surface area contributed by atoms with Gasteiger partial charge in [0, 0.05) is 12.1 Å². The molecule has 2 fully saturated rings. The highest BCUT2D eigenvalue weighted by atomic mass is 16.5. The molecule has 1 unspecified atom stereocenters. The Labute approximate surface area is 113 Å². The maximum Gasteiger partial charge on any atom is 0.0646 e. The lowest BCUT2D eigenvalue weighted by atomic mass is 9.70. The van der Waals surface area contributed by atoms with E-state index in [4.69, 9.17) is 4.74 Å². The molecule has 1 atom stereocenters. The van der Waals surface area contributed by atoms with Gasteiger partial charge in [0.1, 0.15) is 0 Å². The van der Waals surface area contributed by atoms with Crippen molar-refractivity contribution in [3.63, 3.8) is 0 Å². The molecule has 1 N–H and O–H groups in total. The summed E-state index contributed by atoms with van der Waals surface area (Å²) in [4.78, 5) is 0. The third-order valence-corrected chi connectivity index (χ3v) is 5.11. The van der Waals surface area contributed by atoms with E-state index in [1.165, 1.54) is 38.6 Å². The highest BCUT2D eigenvalue weighted by Crippen LogP contribution is 2.39. The van der Waals surface area contributed by atoms with Gasteiger partial charge >= 0.3 is 0 Å². The minimum Gasteiger partial charge on any atom is -0.379 e. The van der Waals surface area contributed by atoms with E-state index in [0.29, 0.717) is 5.41 Å². The second-order valence-electron chi connectivity index (χ2n) is 7.83. The largest absolute Gasteiger partial charge is 0.379 e. The first-order valence-electron chi connectivity index (χ1n) is 7.72. The minimum absolute atomic E-state index is 0.251. The normalized spacial score (nSPS) is 38.0. The first-order chi connectivity index (χ1) is 8.39. The Morgan fingerprint density at radius 2 is 1.83 bits per heavy atom. The fraction of sp³-hybridized carbons (Fsp3) is 1.00. The highest BCUT2D eigenvalue weighted by molar-refractivity contribution is 4.89. The fourth-order valence-corrected chi connectivity index (χ4v) is 3.43. The summed E-state index contributed by atoms with van der Waals surface area (Å²) in [6.45, 7) is 12.5. The molecule has 2 heteroatoms. The molecule has 1 heterocycles. The van der Waals surface area contributed by atoms with Crippen LogP contribution in [0.1, 0.15) is 59.8 Å². The van der Waals surface area contributed by atoms with Crippen molar-refractivity contribution in [2.45, 2.75) is 65.3 Å². The van der Waals surface area contributed by atoms with Crippen molar-refractivity contribution >= 4 is 0 Å². The van der Waals surface area contributed by atoms with Gasteiger partial charge < -0.3 is 10.1 Å². The molecule has 1 aliphatic heterocycles. The quantitative estimate of drug-likeness (QED) is 0.829. The Morgan fingerprint density at radius 3 is 2.33 bits per heavy atom. The van der Waals surface area contributed by atoms with Crippen molar-refractivity contribution in [2.24, 2.45) is 17.3 Å². The molecule has 0 aromatic heterocycles. The second-order valence-corrected chi connectivity index (χ2v) is 7.83. The maximum atomic E-state index is 5.50. The summed E-state index contributed by atoms with van der Waals surface area (Å²) in [6.07, 6.45) is 6.83. The topological polar surface area (TPSA) is 21.3 Å². The van der Waals surface area contributed by atoms with Crippen LogP contribution in [0.4, 0.5) is 0 Å². The maximum absolute atomic E-state index is 5.50. The van der Waals surface area contributed by atoms with Gasteiger partial charge in [0.15, 0.2) is 0 Å². The molecule has 0 bridgehead atoms. The molecule has 1 saturated heterocycles. The van der Waals surface area contributed by atoms with Gasteiger partial charge in [0.2, 0.25) is 0 Å². The van der Waals surface area contributed by atoms with Gasteiger partial charge in [0.05, 0.1) is 6.61 Å². The Kier molecular flexibility index (Phi) is 4.38. The number of rotatable bonds is 3. The zero-order valence-electron chi connectivity index (χ0n) is 12.7. The lowest BCUT2D eigenvalue weighted by molar-refractivity contribution is 0.138. The molecule has 1 saturated carbocycles. The molecule has 0 aromatic carbocycles. The van der Waals surface area contributed by atoms with Crippen molar-refractivity contribution in [3.05, 3.63) is 0 Å². The average molecular weight is 253 g/mol. The molecule has 18 heavy (non-hydrogen) atoms. The predicted octanol–water partition coefficient (Wildman–Crippen LogP) is 3.61. The van der Waals surface area contributed by atoms with Gasteiger partial charge in [0.25, 0.3) is 0 Å². The van der Waals surface area contributed by atoms with E-state index < -0.39 is 0 Å². The van der Waals surface area contributed by atoms with E-state index in [1.54, 1.807) is 0 Å². The van der Waals surface area contributed by atoms with Crippen LogP contribution in [-0.4, -0.2) is 25.3 Å². The van der Waals surface area contributed by atoms with Gasteiger partial charge in [-0.2, -0.15) is 0 Å². The molecule has 0 radical (unpaired) electrons. The summed E-state index contributed by atoms with van der Waals surface area (Å²) in [5.41, 5.74) is 0.755. The third-order valence-electron chi connectivity index (χ3n) is 5.11. The van der Waals surface area contributed by atoms with Crippen LogP contribution < -0.4 is 5.32 Å². The van der Waals surface area contributed by atoms with Crippen molar-refractivity contribution in [1.82, 2.24) is 5.32 Å². The van der Waals surface area contributed by atoms with Crippen molar-refractivity contribution < 1.29 is 4.74 Å². The van der Waals surface area contributed by atoms with Crippen LogP contribution in [0.3, 0.4) is 0 Å². The van der Waals surface area contributed by atoms with E-state index in [9.17, 15) is 0 Å². The van der Waals surface area contributed by atoms with Gasteiger partial charge in [-0.25, -0.2) is 0 Å². The standard InChI is InChI=1S/C16H31NO/c1-15(2,3)14-7-5-13(6-8-14)11-17-16(4)9-10-18-12-16/h13-14,17H,5-12H2,1-4H3. The van der Waals surface area contributed by atoms with Gasteiger partial charge in [-0.1, -0.05) is 20.8 Å². The highest BCUT2D eigenvalue weighted by Gasteiger charge is 2.32. The van der Waals surface area contributed by atoms with E-state index in [2.05, 4.69) is 33.0 Å². The van der Waals surface area contributed by atoms with E-state index in [1.807, 2.05) is 0 Å². The molecule has 0 amide bonds. The monoisotopic (exact) mass is 253 g/mol. The van der Waals surface area contributed by atoms with Crippen LogP contribution in [0.2, 0.25) is 0 Å². The third kappa shape index (κ3) is 3.71. The van der Waals surface area contributed by atoms with Crippen LogP contribution in [0, 0.1) is 17.3 Å². The summed E-state index contributed by atoms with van der Waals surface area (Å²) in [6, 6.07) is 0. The average Bonchev–Trinajstić information content (AvgIpc) is 2.74. The molecular weight excluding hydrogens is 222 g/mol. The predicted molar refractivity (Wildman–Crippen MR) is 76.7 cm³/mol. The molecule has 1 aliphatic carbocycles. The lowest BCUT2D eigenvalue weighted by Crippen LogP contribution is -2.45. The Balaban J connectivity index is 1.71. The summed E-state index contributed by atoms with van der Waals surface area (Å²) in [5, 5.41) is 3.76. The molecule has 0 aromatic rings. The summed E-state index contributed by atoms with van der Waals surface area (Å²) in [5.74, 6) is 1.82. The number of hydrogen-bond donors (Lipinski definition) is 1. The second kappa shape index (κ2) is 5.50. The summed E-state index contributed by atoms with van der Waals surface area (Å²) < 4.78 is 5.50. The van der Waals surface area contributed by atoms with Gasteiger partial charge in [-0.3, -0.25) is 0 Å². The summed E-state index contributed by atoms with van der Waals surface area (Å²) in [7, 11) is 0. The lowest BCUT2D eigenvalue weighted by Gasteiger charge is -2.38. The molecule has 2 nitrogen and oxygen atoms in total. The first kappa shape index (κ1) is 14.3. The van der Waals surface area contributed by atoms with E-state index in [0.717, 1.165) is 25.0 Å². The molecule has 2 rings (SSSR count). The van der Waals surface area contributed by atoms with Gasteiger partial charge in [-0.15, -0.1) is 0 Å². The van der Waals surface area contributed by atoms with Crippen molar-refractivity contribution in [2.75, 3.05) is 19.8 Å². The number of ether oxygens (including phenoxy) is 1. The summed E-state index contributed by atoms with van der Waals surface area (Å²) >= 11 is 0. The zero-order valence-corrected chi connectivity index (χ0v) is 12.7. The molecular formula is C16H31NO. The Hall–Kier alpha value is -0.0800. The number of nitrogens with one attached hydrogen (secondary N) is 1. The zero-order chi connectivity index (χ0) is 13.2. The van der Waals surface area contributed by atoms with Crippen LogP contribution in [0.15, 0.2) is 0 Å². The van der Waals surface area contributed by atoms with Crippen LogP contribution >= 0.6 is 0 Å². The Bertz CT molecular complexity index is 255. The van der Waals surface area contributed by atoms with Gasteiger partial charge in [-0.05, 0) is 62.8 Å². The van der Waals surface area contributed by atoms with Crippen molar-refractivity contribution in [1.29, 1.82) is 0 Å². The van der Waals surface area contributed by atoms with E-state index in [-0.39, 0.29) is 5.54 Å². The van der Waals surface area contributed by atoms with Crippen LogP contribution in [0.5, 0.6) is 0 Å². The molecule has 0 spiro atoms. The van der Waals surface area contributed by atoms with Crippen molar-refractivity contribution in [3.8, 4) is 0 Å². The van der Waals surface area contributed by atoms with E-state index >= 15 is 0 Å². The molecule has 106 valence electrons. The molecule has 2 aliphatic rings. The Morgan fingerprint density at radius 1 is 1.17 bits per heavy atom.